The molecule has 1 aromatic rings. The summed E-state index contributed by atoms with van der Waals surface area (Å²) in [7, 11) is 0. The van der Waals surface area contributed by atoms with Gasteiger partial charge in [-0.2, -0.15) is 0 Å². The van der Waals surface area contributed by atoms with Gasteiger partial charge in [0.05, 0.1) is 0 Å². The Morgan fingerprint density at radius 2 is 1.95 bits per heavy atom. The van der Waals surface area contributed by atoms with Gasteiger partial charge in [-0.15, -0.1) is 11.8 Å². The smallest absolute Gasteiger partial charge is 0.332 e. The molecule has 1 amide bonds. The van der Waals surface area contributed by atoms with Crippen molar-refractivity contribution in [2.45, 2.75) is 11.8 Å². The fourth-order valence-electron chi connectivity index (χ4n) is 1.31. The van der Waals surface area contributed by atoms with E-state index in [0.717, 1.165) is 15.1 Å². The zero-order chi connectivity index (χ0) is 15.5. The molecule has 0 aliphatic rings. The van der Waals surface area contributed by atoms with Gasteiger partial charge in [0.15, 0.2) is 6.61 Å². The van der Waals surface area contributed by atoms with Gasteiger partial charge < -0.3 is 14.8 Å². The van der Waals surface area contributed by atoms with E-state index in [9.17, 15) is 9.59 Å². The molecule has 5 nitrogen and oxygen atoms in total. The van der Waals surface area contributed by atoms with Crippen LogP contribution in [0, 0.1) is 0 Å². The number of amides is 1. The van der Waals surface area contributed by atoms with E-state index in [1.165, 1.54) is 0 Å². The summed E-state index contributed by atoms with van der Waals surface area (Å²) in [6.07, 6.45) is 0. The molecule has 0 unspecified atom stereocenters. The third kappa shape index (κ3) is 8.75. The Labute approximate surface area is 136 Å². The highest BCUT2D eigenvalue weighted by Gasteiger charge is 2.06. The summed E-state index contributed by atoms with van der Waals surface area (Å²) in [6.45, 7) is 2.35. The van der Waals surface area contributed by atoms with E-state index in [-0.39, 0.29) is 19.1 Å². The first kappa shape index (κ1) is 18.0. The largest absolute Gasteiger partial charge is 0.454 e. The van der Waals surface area contributed by atoms with Crippen molar-refractivity contribution in [3.63, 3.8) is 0 Å². The standard InChI is InChI=1S/C14H18BrNO4S/c1-2-19-10-14(18)20-9-13(17)16-7-8-21-12-5-3-11(15)4-6-12/h3-6H,2,7-10H2,1H3,(H,16,17). The van der Waals surface area contributed by atoms with Crippen molar-refractivity contribution in [3.8, 4) is 0 Å². The number of rotatable bonds is 9. The van der Waals surface area contributed by atoms with Gasteiger partial charge in [0.2, 0.25) is 0 Å². The van der Waals surface area contributed by atoms with Crippen LogP contribution in [0.3, 0.4) is 0 Å². The molecule has 0 aliphatic carbocycles. The highest BCUT2D eigenvalue weighted by molar-refractivity contribution is 9.10. The van der Waals surface area contributed by atoms with Gasteiger partial charge in [-0.3, -0.25) is 4.79 Å². The zero-order valence-electron chi connectivity index (χ0n) is 11.8. The number of thioether (sulfide) groups is 1. The van der Waals surface area contributed by atoms with Crippen molar-refractivity contribution in [2.75, 3.05) is 32.1 Å². The van der Waals surface area contributed by atoms with Gasteiger partial charge in [-0.25, -0.2) is 4.79 Å². The minimum Gasteiger partial charge on any atom is -0.454 e. The van der Waals surface area contributed by atoms with Crippen molar-refractivity contribution in [1.29, 1.82) is 0 Å². The lowest BCUT2D eigenvalue weighted by Crippen LogP contribution is -2.31. The molecule has 1 rings (SSSR count). The number of halogens is 1. The van der Waals surface area contributed by atoms with Gasteiger partial charge in [-0.1, -0.05) is 15.9 Å². The maximum Gasteiger partial charge on any atom is 0.332 e. The second-order valence-corrected chi connectivity index (χ2v) is 6.03. The fraction of sp³-hybridized carbons (Fsp3) is 0.429. The van der Waals surface area contributed by atoms with Crippen LogP contribution in [0.1, 0.15) is 6.92 Å². The normalized spacial score (nSPS) is 10.2. The molecule has 0 saturated carbocycles. The number of ether oxygens (including phenoxy) is 2. The minimum atomic E-state index is -0.531. The Kier molecular flexibility index (Phi) is 9.12. The molecule has 0 aliphatic heterocycles. The summed E-state index contributed by atoms with van der Waals surface area (Å²) in [5, 5.41) is 2.69. The highest BCUT2D eigenvalue weighted by atomic mass is 79.9. The number of esters is 1. The Bertz CT molecular complexity index is 453. The first-order valence-electron chi connectivity index (χ1n) is 6.50. The summed E-state index contributed by atoms with van der Waals surface area (Å²) in [5.41, 5.74) is 0. The molecule has 116 valence electrons. The van der Waals surface area contributed by atoms with Crippen molar-refractivity contribution < 1.29 is 19.1 Å². The minimum absolute atomic E-state index is 0.122. The summed E-state index contributed by atoms with van der Waals surface area (Å²) < 4.78 is 10.7. The second kappa shape index (κ2) is 10.6. The Morgan fingerprint density at radius 1 is 1.24 bits per heavy atom. The fourth-order valence-corrected chi connectivity index (χ4v) is 2.35. The van der Waals surface area contributed by atoms with Crippen LogP contribution < -0.4 is 5.32 Å². The van der Waals surface area contributed by atoms with E-state index in [4.69, 9.17) is 9.47 Å². The summed E-state index contributed by atoms with van der Waals surface area (Å²) in [5.74, 6) is -0.0900. The SMILES string of the molecule is CCOCC(=O)OCC(=O)NCCSc1ccc(Br)cc1. The predicted molar refractivity (Wildman–Crippen MR) is 85.3 cm³/mol. The Hall–Kier alpha value is -1.05. The summed E-state index contributed by atoms with van der Waals surface area (Å²) >= 11 is 5.02. The van der Waals surface area contributed by atoms with Crippen LogP contribution >= 0.6 is 27.7 Å². The van der Waals surface area contributed by atoms with Crippen LogP contribution in [-0.2, 0) is 19.1 Å². The number of hydrogen-bond donors (Lipinski definition) is 1. The second-order valence-electron chi connectivity index (χ2n) is 3.95. The molecule has 0 aromatic heterocycles. The maximum absolute atomic E-state index is 11.4. The molecule has 1 N–H and O–H groups in total. The van der Waals surface area contributed by atoms with E-state index >= 15 is 0 Å². The van der Waals surface area contributed by atoms with Crippen LogP contribution in [0.4, 0.5) is 0 Å². The van der Waals surface area contributed by atoms with E-state index in [2.05, 4.69) is 21.2 Å². The Balaban J connectivity index is 2.08. The summed E-state index contributed by atoms with van der Waals surface area (Å²) in [4.78, 5) is 23.7. The number of carbonyl (C=O) groups excluding carboxylic acids is 2. The van der Waals surface area contributed by atoms with Crippen LogP contribution in [0.2, 0.25) is 0 Å². The monoisotopic (exact) mass is 375 g/mol. The topological polar surface area (TPSA) is 64.6 Å². The van der Waals surface area contributed by atoms with Crippen molar-refractivity contribution in [2.24, 2.45) is 0 Å². The van der Waals surface area contributed by atoms with Crippen molar-refractivity contribution >= 4 is 39.6 Å². The first-order chi connectivity index (χ1) is 10.1. The average molecular weight is 376 g/mol. The number of benzene rings is 1. The molecular weight excluding hydrogens is 358 g/mol. The van der Waals surface area contributed by atoms with Crippen LogP contribution in [0.15, 0.2) is 33.6 Å². The van der Waals surface area contributed by atoms with Crippen LogP contribution in [0.5, 0.6) is 0 Å². The Morgan fingerprint density at radius 3 is 2.62 bits per heavy atom. The molecule has 7 heteroatoms. The van der Waals surface area contributed by atoms with Crippen molar-refractivity contribution in [1.82, 2.24) is 5.32 Å². The molecule has 0 bridgehead atoms. The molecule has 0 atom stereocenters. The summed E-state index contributed by atoms with van der Waals surface area (Å²) in [6, 6.07) is 7.95. The zero-order valence-corrected chi connectivity index (χ0v) is 14.2. The predicted octanol–water partition coefficient (Wildman–Crippen LogP) is 2.24. The highest BCUT2D eigenvalue weighted by Crippen LogP contribution is 2.19. The van der Waals surface area contributed by atoms with Gasteiger partial charge >= 0.3 is 5.97 Å². The molecule has 0 spiro atoms. The number of nitrogens with one attached hydrogen (secondary N) is 1. The number of hydrogen-bond acceptors (Lipinski definition) is 5. The molecule has 0 fully saturated rings. The molecule has 0 radical (unpaired) electrons. The molecule has 0 heterocycles. The van der Waals surface area contributed by atoms with Crippen molar-refractivity contribution in [3.05, 3.63) is 28.7 Å². The third-order valence-electron chi connectivity index (χ3n) is 2.29. The average Bonchev–Trinajstić information content (AvgIpc) is 2.49. The molecule has 1 aromatic carbocycles. The van der Waals surface area contributed by atoms with E-state index in [1.54, 1.807) is 18.7 Å². The number of carbonyl (C=O) groups is 2. The van der Waals surface area contributed by atoms with Gasteiger partial charge in [0, 0.05) is 28.3 Å². The first-order valence-corrected chi connectivity index (χ1v) is 8.28. The van der Waals surface area contributed by atoms with Crippen LogP contribution in [-0.4, -0.2) is 44.0 Å². The van der Waals surface area contributed by atoms with E-state index < -0.39 is 5.97 Å². The third-order valence-corrected chi connectivity index (χ3v) is 3.84. The molecule has 21 heavy (non-hydrogen) atoms. The molecule has 0 saturated heterocycles. The maximum atomic E-state index is 11.4. The van der Waals surface area contributed by atoms with E-state index in [1.807, 2.05) is 24.3 Å². The van der Waals surface area contributed by atoms with Gasteiger partial charge in [0.25, 0.3) is 5.91 Å². The van der Waals surface area contributed by atoms with Gasteiger partial charge in [-0.05, 0) is 31.2 Å². The lowest BCUT2D eigenvalue weighted by atomic mass is 10.4. The van der Waals surface area contributed by atoms with Crippen LogP contribution in [0.25, 0.3) is 0 Å². The lowest BCUT2D eigenvalue weighted by molar-refractivity contribution is -0.152. The van der Waals surface area contributed by atoms with E-state index in [0.29, 0.717) is 13.2 Å². The van der Waals surface area contributed by atoms with Gasteiger partial charge in [0.1, 0.15) is 6.61 Å². The molecular formula is C14H18BrNO4S. The lowest BCUT2D eigenvalue weighted by Gasteiger charge is -2.06. The quantitative estimate of drug-likeness (QED) is 0.407.